The topological polar surface area (TPSA) is 38.1 Å². The second kappa shape index (κ2) is 7.95. The molecule has 0 radical (unpaired) electrons. The highest BCUT2D eigenvalue weighted by Crippen LogP contribution is 2.18. The molecule has 134 valence electrons. The highest BCUT2D eigenvalue weighted by molar-refractivity contribution is 5.95. The lowest BCUT2D eigenvalue weighted by molar-refractivity contribution is 0.0765. The van der Waals surface area contributed by atoms with E-state index in [1.54, 1.807) is 30.0 Å². The number of hydrogen-bond donors (Lipinski definition) is 0. The molecule has 3 rings (SSSR count). The quantitative estimate of drug-likeness (QED) is 0.673. The van der Waals surface area contributed by atoms with Gasteiger partial charge in [-0.05, 0) is 38.0 Å². The standard InChI is InChI=1S/C21H22FN3O/c1-3-24(14-13-17-9-5-4-6-10-17)21(26)18-15-23-25(16(18)2)20-12-8-7-11-19(20)22/h4-12,15H,3,13-14H2,1-2H3. The minimum Gasteiger partial charge on any atom is -0.338 e. The Hall–Kier alpha value is -2.95. The second-order valence-electron chi connectivity index (χ2n) is 6.13. The van der Waals surface area contributed by atoms with Gasteiger partial charge in [-0.3, -0.25) is 4.79 Å². The van der Waals surface area contributed by atoms with Gasteiger partial charge in [0.05, 0.1) is 17.5 Å². The van der Waals surface area contributed by atoms with Gasteiger partial charge in [0.15, 0.2) is 0 Å². The number of nitrogens with zero attached hydrogens (tertiary/aromatic N) is 3. The van der Waals surface area contributed by atoms with Crippen LogP contribution in [0.15, 0.2) is 60.8 Å². The molecule has 0 atom stereocenters. The van der Waals surface area contributed by atoms with Crippen LogP contribution in [-0.2, 0) is 6.42 Å². The van der Waals surface area contributed by atoms with Crippen LogP contribution in [0.2, 0.25) is 0 Å². The van der Waals surface area contributed by atoms with Crippen molar-refractivity contribution in [3.05, 3.63) is 83.4 Å². The van der Waals surface area contributed by atoms with Gasteiger partial charge in [0.1, 0.15) is 11.5 Å². The minimum absolute atomic E-state index is 0.0801. The molecule has 0 saturated heterocycles. The molecule has 2 aromatic carbocycles. The zero-order valence-corrected chi connectivity index (χ0v) is 15.0. The Bertz CT molecular complexity index is 889. The van der Waals surface area contributed by atoms with Gasteiger partial charge in [-0.2, -0.15) is 5.10 Å². The Morgan fingerprint density at radius 2 is 1.81 bits per heavy atom. The minimum atomic E-state index is -0.367. The summed E-state index contributed by atoms with van der Waals surface area (Å²) in [6.45, 7) is 4.98. The molecule has 1 aromatic heterocycles. The van der Waals surface area contributed by atoms with E-state index in [4.69, 9.17) is 0 Å². The Morgan fingerprint density at radius 1 is 1.12 bits per heavy atom. The van der Waals surface area contributed by atoms with Crippen LogP contribution in [0.25, 0.3) is 5.69 Å². The fraction of sp³-hybridized carbons (Fsp3) is 0.238. The molecule has 0 spiro atoms. The van der Waals surface area contributed by atoms with Crippen molar-refractivity contribution in [1.82, 2.24) is 14.7 Å². The van der Waals surface area contributed by atoms with E-state index in [-0.39, 0.29) is 11.7 Å². The molecule has 1 amide bonds. The van der Waals surface area contributed by atoms with Crippen LogP contribution in [0.1, 0.15) is 28.5 Å². The van der Waals surface area contributed by atoms with Gasteiger partial charge >= 0.3 is 0 Å². The third-order valence-corrected chi connectivity index (χ3v) is 4.50. The van der Waals surface area contributed by atoms with Crippen molar-refractivity contribution in [3.8, 4) is 5.69 Å². The maximum atomic E-state index is 14.0. The summed E-state index contributed by atoms with van der Waals surface area (Å²) in [4.78, 5) is 14.7. The van der Waals surface area contributed by atoms with Crippen LogP contribution in [0.4, 0.5) is 4.39 Å². The molecule has 0 saturated carbocycles. The van der Waals surface area contributed by atoms with Crippen LogP contribution in [-0.4, -0.2) is 33.7 Å². The summed E-state index contributed by atoms with van der Waals surface area (Å²) in [6.07, 6.45) is 2.32. The number of rotatable bonds is 6. The second-order valence-corrected chi connectivity index (χ2v) is 6.13. The number of carbonyl (C=O) groups excluding carboxylic acids is 1. The van der Waals surface area contributed by atoms with E-state index >= 15 is 0 Å². The molecule has 0 fully saturated rings. The maximum absolute atomic E-state index is 14.0. The predicted molar refractivity (Wildman–Crippen MR) is 100.0 cm³/mol. The van der Waals surface area contributed by atoms with Gasteiger partial charge in [-0.1, -0.05) is 42.5 Å². The van der Waals surface area contributed by atoms with Crippen molar-refractivity contribution in [2.24, 2.45) is 0 Å². The van der Waals surface area contributed by atoms with E-state index < -0.39 is 0 Å². The van der Waals surface area contributed by atoms with E-state index in [1.807, 2.05) is 25.1 Å². The summed E-state index contributed by atoms with van der Waals surface area (Å²) < 4.78 is 15.5. The van der Waals surface area contributed by atoms with Gasteiger partial charge in [-0.15, -0.1) is 0 Å². The molecule has 26 heavy (non-hydrogen) atoms. The monoisotopic (exact) mass is 351 g/mol. The van der Waals surface area contributed by atoms with Crippen molar-refractivity contribution in [2.75, 3.05) is 13.1 Å². The predicted octanol–water partition coefficient (Wildman–Crippen LogP) is 4.02. The largest absolute Gasteiger partial charge is 0.338 e. The first kappa shape index (κ1) is 17.9. The number of amides is 1. The lowest BCUT2D eigenvalue weighted by Gasteiger charge is -2.21. The number of para-hydroxylation sites is 1. The van der Waals surface area contributed by atoms with Gasteiger partial charge in [0.25, 0.3) is 5.91 Å². The highest BCUT2D eigenvalue weighted by Gasteiger charge is 2.21. The number of aromatic nitrogens is 2. The van der Waals surface area contributed by atoms with Crippen molar-refractivity contribution in [1.29, 1.82) is 0 Å². The van der Waals surface area contributed by atoms with Crippen LogP contribution < -0.4 is 0 Å². The smallest absolute Gasteiger partial charge is 0.257 e. The SMILES string of the molecule is CCN(CCc1ccccc1)C(=O)c1cnn(-c2ccccc2F)c1C. The van der Waals surface area contributed by atoms with Gasteiger partial charge in [-0.25, -0.2) is 9.07 Å². The summed E-state index contributed by atoms with van der Waals surface area (Å²) in [5.74, 6) is -0.447. The molecule has 0 aliphatic rings. The number of carbonyl (C=O) groups is 1. The molecule has 0 bridgehead atoms. The van der Waals surface area contributed by atoms with Crippen molar-refractivity contribution >= 4 is 5.91 Å². The number of halogens is 1. The van der Waals surface area contributed by atoms with Gasteiger partial charge in [0.2, 0.25) is 0 Å². The zero-order chi connectivity index (χ0) is 18.5. The van der Waals surface area contributed by atoms with E-state index in [0.717, 1.165) is 6.42 Å². The van der Waals surface area contributed by atoms with E-state index in [1.165, 1.54) is 22.5 Å². The fourth-order valence-corrected chi connectivity index (χ4v) is 2.97. The number of likely N-dealkylation sites (N-methyl/N-ethyl adjacent to an activating group) is 1. The lowest BCUT2D eigenvalue weighted by atomic mass is 10.1. The molecule has 0 N–H and O–H groups in total. The van der Waals surface area contributed by atoms with E-state index in [9.17, 15) is 9.18 Å². The van der Waals surface area contributed by atoms with Gasteiger partial charge < -0.3 is 4.90 Å². The Morgan fingerprint density at radius 3 is 2.50 bits per heavy atom. The van der Waals surface area contributed by atoms with E-state index in [0.29, 0.717) is 30.0 Å². The molecule has 1 heterocycles. The first-order valence-electron chi connectivity index (χ1n) is 8.74. The van der Waals surface area contributed by atoms with Crippen LogP contribution in [0.3, 0.4) is 0 Å². The molecular weight excluding hydrogens is 329 g/mol. The first-order chi connectivity index (χ1) is 12.6. The lowest BCUT2D eigenvalue weighted by Crippen LogP contribution is -2.33. The Balaban J connectivity index is 1.79. The average Bonchev–Trinajstić information content (AvgIpc) is 3.04. The number of hydrogen-bond acceptors (Lipinski definition) is 2. The molecule has 4 nitrogen and oxygen atoms in total. The third-order valence-electron chi connectivity index (χ3n) is 4.50. The number of benzene rings is 2. The van der Waals surface area contributed by atoms with Gasteiger partial charge in [0, 0.05) is 13.1 Å². The molecule has 5 heteroatoms. The summed E-state index contributed by atoms with van der Waals surface area (Å²) in [7, 11) is 0. The molecule has 0 aliphatic carbocycles. The van der Waals surface area contributed by atoms with Crippen LogP contribution in [0, 0.1) is 12.7 Å². The molecular formula is C21H22FN3O. The van der Waals surface area contributed by atoms with Crippen LogP contribution in [0.5, 0.6) is 0 Å². The highest BCUT2D eigenvalue weighted by atomic mass is 19.1. The summed E-state index contributed by atoms with van der Waals surface area (Å²) in [5.41, 5.74) is 2.68. The first-order valence-corrected chi connectivity index (χ1v) is 8.74. The molecule has 0 unspecified atom stereocenters. The fourth-order valence-electron chi connectivity index (χ4n) is 2.97. The zero-order valence-electron chi connectivity index (χ0n) is 15.0. The van der Waals surface area contributed by atoms with E-state index in [2.05, 4.69) is 17.2 Å². The van der Waals surface area contributed by atoms with Crippen molar-refractivity contribution < 1.29 is 9.18 Å². The third kappa shape index (κ3) is 3.67. The Kier molecular flexibility index (Phi) is 5.46. The molecule has 3 aromatic rings. The average molecular weight is 351 g/mol. The van der Waals surface area contributed by atoms with Crippen molar-refractivity contribution in [3.63, 3.8) is 0 Å². The normalized spacial score (nSPS) is 10.7. The summed E-state index contributed by atoms with van der Waals surface area (Å²) in [5, 5.41) is 4.23. The summed E-state index contributed by atoms with van der Waals surface area (Å²) in [6, 6.07) is 16.5. The maximum Gasteiger partial charge on any atom is 0.257 e. The van der Waals surface area contributed by atoms with Crippen LogP contribution >= 0.6 is 0 Å². The Labute approximate surface area is 152 Å². The summed E-state index contributed by atoms with van der Waals surface area (Å²) >= 11 is 0. The van der Waals surface area contributed by atoms with Crippen molar-refractivity contribution in [2.45, 2.75) is 20.3 Å². The molecule has 0 aliphatic heterocycles.